The zero-order valence-electron chi connectivity index (χ0n) is 10.5. The van der Waals surface area contributed by atoms with E-state index in [0.29, 0.717) is 12.3 Å². The van der Waals surface area contributed by atoms with Gasteiger partial charge in [-0.1, -0.05) is 0 Å². The predicted octanol–water partition coefficient (Wildman–Crippen LogP) is 1.46. The molecule has 0 aliphatic carbocycles. The zero-order chi connectivity index (χ0) is 12.2. The van der Waals surface area contributed by atoms with Crippen LogP contribution in [0.4, 0.5) is 0 Å². The van der Waals surface area contributed by atoms with Crippen molar-refractivity contribution in [3.63, 3.8) is 0 Å². The maximum Gasteiger partial charge on any atom is 0.309 e. The maximum absolute atomic E-state index is 11.0. The minimum Gasteiger partial charge on any atom is -0.481 e. The van der Waals surface area contributed by atoms with Gasteiger partial charge in [-0.25, -0.2) is 0 Å². The van der Waals surface area contributed by atoms with Crippen molar-refractivity contribution in [1.82, 2.24) is 4.90 Å². The topological polar surface area (TPSA) is 49.8 Å². The van der Waals surface area contributed by atoms with E-state index >= 15 is 0 Å². The van der Waals surface area contributed by atoms with Crippen molar-refractivity contribution in [2.45, 2.75) is 26.7 Å². The molecule has 1 aliphatic heterocycles. The number of hydrogen-bond acceptors (Lipinski definition) is 3. The van der Waals surface area contributed by atoms with Gasteiger partial charge in [0, 0.05) is 13.7 Å². The Balaban J connectivity index is 2.27. The van der Waals surface area contributed by atoms with Crippen LogP contribution in [0.25, 0.3) is 0 Å². The summed E-state index contributed by atoms with van der Waals surface area (Å²) in [5, 5.41) is 9.01. The average molecular weight is 229 g/mol. The molecule has 16 heavy (non-hydrogen) atoms. The van der Waals surface area contributed by atoms with Crippen LogP contribution < -0.4 is 0 Å². The number of methoxy groups -OCH3 is 1. The number of carboxylic acid groups (broad SMARTS) is 1. The summed E-state index contributed by atoms with van der Waals surface area (Å²) in [5.41, 5.74) is -0.612. The highest BCUT2D eigenvalue weighted by Crippen LogP contribution is 2.23. The Bertz CT molecular complexity index is 240. The molecule has 1 atom stereocenters. The molecule has 0 aromatic rings. The first kappa shape index (κ1) is 13.5. The minimum atomic E-state index is -0.708. The summed E-state index contributed by atoms with van der Waals surface area (Å²) in [7, 11) is 1.73. The minimum absolute atomic E-state index is 0.612. The Kier molecular flexibility index (Phi) is 4.74. The lowest BCUT2D eigenvalue weighted by Crippen LogP contribution is -2.31. The molecule has 0 spiro atoms. The van der Waals surface area contributed by atoms with Gasteiger partial charge in [-0.3, -0.25) is 4.79 Å². The van der Waals surface area contributed by atoms with Gasteiger partial charge in [0.05, 0.1) is 12.0 Å². The Morgan fingerprint density at radius 2 is 2.25 bits per heavy atom. The number of rotatable bonds is 6. The van der Waals surface area contributed by atoms with Crippen molar-refractivity contribution in [2.24, 2.45) is 11.3 Å². The van der Waals surface area contributed by atoms with Gasteiger partial charge in [0.25, 0.3) is 0 Å². The fraction of sp³-hybridized carbons (Fsp3) is 0.917. The van der Waals surface area contributed by atoms with E-state index in [1.807, 2.05) is 0 Å². The molecule has 0 amide bonds. The lowest BCUT2D eigenvalue weighted by atomic mass is 9.89. The second-order valence-electron chi connectivity index (χ2n) is 5.35. The average Bonchev–Trinajstić information content (AvgIpc) is 2.63. The third-order valence-corrected chi connectivity index (χ3v) is 3.40. The highest BCUT2D eigenvalue weighted by Gasteiger charge is 2.29. The molecule has 1 saturated heterocycles. The summed E-state index contributed by atoms with van der Waals surface area (Å²) in [5.74, 6) is -0.0851. The summed E-state index contributed by atoms with van der Waals surface area (Å²) in [6, 6.07) is 0. The molecule has 4 nitrogen and oxygen atoms in total. The van der Waals surface area contributed by atoms with Gasteiger partial charge in [-0.05, 0) is 45.7 Å². The van der Waals surface area contributed by atoms with E-state index in [-0.39, 0.29) is 0 Å². The largest absolute Gasteiger partial charge is 0.481 e. The van der Waals surface area contributed by atoms with Crippen LogP contribution in [0.15, 0.2) is 0 Å². The Labute approximate surface area is 97.6 Å². The van der Waals surface area contributed by atoms with Gasteiger partial charge in [0.15, 0.2) is 0 Å². The van der Waals surface area contributed by atoms with Gasteiger partial charge < -0.3 is 14.7 Å². The summed E-state index contributed by atoms with van der Waals surface area (Å²) in [4.78, 5) is 13.3. The Morgan fingerprint density at radius 1 is 1.56 bits per heavy atom. The lowest BCUT2D eigenvalue weighted by Gasteiger charge is -2.23. The van der Waals surface area contributed by atoms with E-state index in [1.165, 1.54) is 6.42 Å². The van der Waals surface area contributed by atoms with E-state index in [2.05, 4.69) is 4.90 Å². The molecule has 4 heteroatoms. The number of carboxylic acids is 1. The van der Waals surface area contributed by atoms with Crippen molar-refractivity contribution in [2.75, 3.05) is 33.4 Å². The van der Waals surface area contributed by atoms with Crippen LogP contribution in [0, 0.1) is 11.3 Å². The van der Waals surface area contributed by atoms with E-state index < -0.39 is 11.4 Å². The van der Waals surface area contributed by atoms with Crippen LogP contribution in [-0.4, -0.2) is 49.3 Å². The molecule has 1 heterocycles. The number of carbonyl (C=O) groups is 1. The van der Waals surface area contributed by atoms with Crippen molar-refractivity contribution in [3.05, 3.63) is 0 Å². The second-order valence-corrected chi connectivity index (χ2v) is 5.35. The van der Waals surface area contributed by atoms with Crippen molar-refractivity contribution in [3.8, 4) is 0 Å². The highest BCUT2D eigenvalue weighted by atomic mass is 16.5. The van der Waals surface area contributed by atoms with Gasteiger partial charge >= 0.3 is 5.97 Å². The molecule has 1 aliphatic rings. The molecule has 1 N–H and O–H groups in total. The molecule has 1 unspecified atom stereocenters. The van der Waals surface area contributed by atoms with Crippen LogP contribution >= 0.6 is 0 Å². The molecule has 0 bridgehead atoms. The molecule has 1 fully saturated rings. The van der Waals surface area contributed by atoms with E-state index in [4.69, 9.17) is 9.84 Å². The molecule has 0 aromatic heterocycles. The molecule has 0 saturated carbocycles. The van der Waals surface area contributed by atoms with Gasteiger partial charge in [-0.15, -0.1) is 0 Å². The van der Waals surface area contributed by atoms with E-state index in [9.17, 15) is 4.79 Å². The second kappa shape index (κ2) is 5.64. The molecule has 0 radical (unpaired) electrons. The van der Waals surface area contributed by atoms with Crippen LogP contribution in [0.5, 0.6) is 0 Å². The van der Waals surface area contributed by atoms with Crippen LogP contribution in [0.1, 0.15) is 26.7 Å². The summed E-state index contributed by atoms with van der Waals surface area (Å²) in [6.45, 7) is 7.39. The standard InChI is InChI=1S/C12H23NO3/c1-12(2,11(14)15)5-7-13-6-4-10(8-13)9-16-3/h10H,4-9H2,1-3H3,(H,14,15). The molecular weight excluding hydrogens is 206 g/mol. The monoisotopic (exact) mass is 229 g/mol. The van der Waals surface area contributed by atoms with Crippen molar-refractivity contribution < 1.29 is 14.6 Å². The first-order valence-corrected chi connectivity index (χ1v) is 5.90. The van der Waals surface area contributed by atoms with Gasteiger partial charge in [0.1, 0.15) is 0 Å². The number of likely N-dealkylation sites (tertiary alicyclic amines) is 1. The van der Waals surface area contributed by atoms with Crippen LogP contribution in [0.2, 0.25) is 0 Å². The highest BCUT2D eigenvalue weighted by molar-refractivity contribution is 5.73. The Hall–Kier alpha value is -0.610. The van der Waals surface area contributed by atoms with Gasteiger partial charge in [0.2, 0.25) is 0 Å². The van der Waals surface area contributed by atoms with Crippen molar-refractivity contribution in [1.29, 1.82) is 0 Å². The number of aliphatic carboxylic acids is 1. The number of ether oxygens (including phenoxy) is 1. The zero-order valence-corrected chi connectivity index (χ0v) is 10.5. The van der Waals surface area contributed by atoms with E-state index in [0.717, 1.165) is 26.2 Å². The van der Waals surface area contributed by atoms with Crippen LogP contribution in [-0.2, 0) is 9.53 Å². The molecule has 0 aromatic carbocycles. The normalized spacial score (nSPS) is 22.6. The third kappa shape index (κ3) is 3.76. The number of nitrogens with zero attached hydrogens (tertiary/aromatic N) is 1. The number of hydrogen-bond donors (Lipinski definition) is 1. The lowest BCUT2D eigenvalue weighted by molar-refractivity contribution is -0.147. The summed E-state index contributed by atoms with van der Waals surface area (Å²) < 4.78 is 5.14. The molecule has 1 rings (SSSR count). The first-order valence-electron chi connectivity index (χ1n) is 5.90. The fourth-order valence-corrected chi connectivity index (χ4v) is 2.03. The Morgan fingerprint density at radius 3 is 2.81 bits per heavy atom. The van der Waals surface area contributed by atoms with Crippen LogP contribution in [0.3, 0.4) is 0 Å². The first-order chi connectivity index (χ1) is 7.45. The van der Waals surface area contributed by atoms with E-state index in [1.54, 1.807) is 21.0 Å². The third-order valence-electron chi connectivity index (χ3n) is 3.40. The van der Waals surface area contributed by atoms with Gasteiger partial charge in [-0.2, -0.15) is 0 Å². The molecule has 94 valence electrons. The van der Waals surface area contributed by atoms with Crippen molar-refractivity contribution >= 4 is 5.97 Å². The SMILES string of the molecule is COCC1CCN(CCC(C)(C)C(=O)O)C1. The maximum atomic E-state index is 11.0. The fourth-order valence-electron chi connectivity index (χ4n) is 2.03. The predicted molar refractivity (Wildman–Crippen MR) is 62.5 cm³/mol. The summed E-state index contributed by atoms with van der Waals surface area (Å²) in [6.07, 6.45) is 1.88. The summed E-state index contributed by atoms with van der Waals surface area (Å²) >= 11 is 0. The molecular formula is C12H23NO3. The smallest absolute Gasteiger partial charge is 0.309 e. The quantitative estimate of drug-likeness (QED) is 0.749.